The van der Waals surface area contributed by atoms with Crippen LogP contribution in [0.3, 0.4) is 0 Å². The third-order valence-corrected chi connectivity index (χ3v) is 1.76. The van der Waals surface area contributed by atoms with Gasteiger partial charge in [0.1, 0.15) is 12.1 Å². The number of rotatable bonds is 4. The first-order valence-corrected chi connectivity index (χ1v) is 4.72. The van der Waals surface area contributed by atoms with Crippen molar-refractivity contribution in [3.63, 3.8) is 0 Å². The summed E-state index contributed by atoms with van der Waals surface area (Å²) in [7, 11) is 0. The summed E-state index contributed by atoms with van der Waals surface area (Å²) in [6.07, 6.45) is -5.14. The van der Waals surface area contributed by atoms with Crippen molar-refractivity contribution in [1.29, 1.82) is 0 Å². The number of hydrogen-bond acceptors (Lipinski definition) is 4. The van der Waals surface area contributed by atoms with Gasteiger partial charge in [-0.25, -0.2) is 9.97 Å². The normalized spacial score (nSPS) is 13.3. The zero-order valence-corrected chi connectivity index (χ0v) is 8.88. The Bertz CT molecular complexity index is 343. The van der Waals surface area contributed by atoms with Gasteiger partial charge in [0.25, 0.3) is 0 Å². The van der Waals surface area contributed by atoms with Crippen molar-refractivity contribution >= 4 is 5.82 Å². The van der Waals surface area contributed by atoms with Gasteiger partial charge in [-0.3, -0.25) is 0 Å². The predicted molar refractivity (Wildman–Crippen MR) is 52.3 cm³/mol. The van der Waals surface area contributed by atoms with Crippen LogP contribution in [0, 0.1) is 0 Å². The Hall–Kier alpha value is -1.53. The number of ether oxygens (including phenoxy) is 1. The fourth-order valence-electron chi connectivity index (χ4n) is 0.930. The van der Waals surface area contributed by atoms with E-state index < -0.39 is 12.3 Å². The van der Waals surface area contributed by atoms with Gasteiger partial charge in [-0.1, -0.05) is 0 Å². The Labute approximate surface area is 90.9 Å². The van der Waals surface area contributed by atoms with Crippen LogP contribution < -0.4 is 10.1 Å². The van der Waals surface area contributed by atoms with Crippen molar-refractivity contribution in [2.75, 3.05) is 11.9 Å². The Balaban J connectivity index is 2.70. The molecule has 0 aromatic carbocycles. The maximum Gasteiger partial charge on any atom is 0.425 e. The third kappa shape index (κ3) is 3.56. The highest BCUT2D eigenvalue weighted by Crippen LogP contribution is 2.24. The van der Waals surface area contributed by atoms with E-state index in [-0.39, 0.29) is 5.88 Å². The molecular formula is C9H12F3N3O. The van der Waals surface area contributed by atoms with E-state index in [9.17, 15) is 13.2 Å². The summed E-state index contributed by atoms with van der Waals surface area (Å²) >= 11 is 0. The minimum Gasteiger partial charge on any atom is -0.465 e. The van der Waals surface area contributed by atoms with E-state index >= 15 is 0 Å². The molecule has 0 radical (unpaired) electrons. The summed E-state index contributed by atoms with van der Waals surface area (Å²) < 4.78 is 41.2. The van der Waals surface area contributed by atoms with Crippen LogP contribution in [-0.2, 0) is 0 Å². The van der Waals surface area contributed by atoms with Crippen LogP contribution in [0.25, 0.3) is 0 Å². The molecule has 1 atom stereocenters. The third-order valence-electron chi connectivity index (χ3n) is 1.76. The standard InChI is InChI=1S/C9H12F3N3O/c1-3-13-7-4-8(15-5-14-7)16-6(2)9(10,11)12/h4-6H,3H2,1-2H3,(H,13,14,15). The molecule has 1 N–H and O–H groups in total. The first-order chi connectivity index (χ1) is 7.43. The molecule has 1 aromatic heterocycles. The lowest BCUT2D eigenvalue weighted by Crippen LogP contribution is -2.31. The van der Waals surface area contributed by atoms with E-state index in [4.69, 9.17) is 0 Å². The Morgan fingerprint density at radius 2 is 2.12 bits per heavy atom. The van der Waals surface area contributed by atoms with Gasteiger partial charge in [0.2, 0.25) is 5.88 Å². The highest BCUT2D eigenvalue weighted by molar-refractivity contribution is 5.36. The lowest BCUT2D eigenvalue weighted by Gasteiger charge is -2.16. The first kappa shape index (κ1) is 12.5. The van der Waals surface area contributed by atoms with Gasteiger partial charge in [0.05, 0.1) is 0 Å². The molecular weight excluding hydrogens is 223 g/mol. The number of alkyl halides is 3. The van der Waals surface area contributed by atoms with Crippen molar-refractivity contribution in [3.05, 3.63) is 12.4 Å². The topological polar surface area (TPSA) is 47.0 Å². The molecule has 1 heterocycles. The van der Waals surface area contributed by atoms with Gasteiger partial charge in [0, 0.05) is 12.6 Å². The van der Waals surface area contributed by atoms with Crippen molar-refractivity contribution in [2.24, 2.45) is 0 Å². The lowest BCUT2D eigenvalue weighted by molar-refractivity contribution is -0.189. The molecule has 0 aliphatic carbocycles. The number of halogens is 3. The molecule has 0 bridgehead atoms. The van der Waals surface area contributed by atoms with Crippen LogP contribution in [0.1, 0.15) is 13.8 Å². The molecule has 4 nitrogen and oxygen atoms in total. The largest absolute Gasteiger partial charge is 0.465 e. The van der Waals surface area contributed by atoms with E-state index in [0.29, 0.717) is 12.4 Å². The predicted octanol–water partition coefficient (Wildman–Crippen LogP) is 2.24. The maximum absolute atomic E-state index is 12.2. The van der Waals surface area contributed by atoms with Crippen molar-refractivity contribution in [3.8, 4) is 5.88 Å². The summed E-state index contributed by atoms with van der Waals surface area (Å²) in [4.78, 5) is 7.42. The van der Waals surface area contributed by atoms with Crippen molar-refractivity contribution in [1.82, 2.24) is 9.97 Å². The summed E-state index contributed by atoms with van der Waals surface area (Å²) in [6, 6.07) is 1.33. The SMILES string of the molecule is CCNc1cc(OC(C)C(F)(F)F)ncn1. The summed E-state index contributed by atoms with van der Waals surface area (Å²) in [6.45, 7) is 3.39. The van der Waals surface area contributed by atoms with Crippen LogP contribution in [0.15, 0.2) is 12.4 Å². The molecule has 0 fully saturated rings. The highest BCUT2D eigenvalue weighted by atomic mass is 19.4. The maximum atomic E-state index is 12.2. The molecule has 0 spiro atoms. The molecule has 0 aliphatic rings. The Morgan fingerprint density at radius 1 is 1.44 bits per heavy atom. The van der Waals surface area contributed by atoms with Crippen molar-refractivity contribution < 1.29 is 17.9 Å². The minimum absolute atomic E-state index is 0.101. The fourth-order valence-corrected chi connectivity index (χ4v) is 0.930. The molecule has 1 aromatic rings. The van der Waals surface area contributed by atoms with E-state index in [1.54, 1.807) is 0 Å². The Kier molecular flexibility index (Phi) is 3.92. The zero-order chi connectivity index (χ0) is 12.2. The molecule has 7 heteroatoms. The zero-order valence-electron chi connectivity index (χ0n) is 8.88. The quantitative estimate of drug-likeness (QED) is 0.869. The fraction of sp³-hybridized carbons (Fsp3) is 0.556. The van der Waals surface area contributed by atoms with Crippen LogP contribution in [0.2, 0.25) is 0 Å². The van der Waals surface area contributed by atoms with Gasteiger partial charge in [-0.2, -0.15) is 13.2 Å². The van der Waals surface area contributed by atoms with Gasteiger partial charge in [-0.05, 0) is 13.8 Å². The molecule has 0 saturated heterocycles. The minimum atomic E-state index is -4.40. The summed E-state index contributed by atoms with van der Waals surface area (Å²) in [5.74, 6) is 0.331. The molecule has 0 saturated carbocycles. The van der Waals surface area contributed by atoms with Gasteiger partial charge >= 0.3 is 6.18 Å². The molecule has 1 unspecified atom stereocenters. The number of aromatic nitrogens is 2. The smallest absolute Gasteiger partial charge is 0.425 e. The van der Waals surface area contributed by atoms with Crippen LogP contribution in [0.4, 0.5) is 19.0 Å². The molecule has 90 valence electrons. The lowest BCUT2D eigenvalue weighted by atomic mass is 10.4. The van der Waals surface area contributed by atoms with Gasteiger partial charge in [0.15, 0.2) is 6.10 Å². The van der Waals surface area contributed by atoms with E-state index in [2.05, 4.69) is 20.0 Å². The highest BCUT2D eigenvalue weighted by Gasteiger charge is 2.38. The second-order valence-corrected chi connectivity index (χ2v) is 3.07. The van der Waals surface area contributed by atoms with E-state index in [1.807, 2.05) is 6.92 Å². The van der Waals surface area contributed by atoms with Gasteiger partial charge in [-0.15, -0.1) is 0 Å². The second-order valence-electron chi connectivity index (χ2n) is 3.07. The number of nitrogens with zero attached hydrogens (tertiary/aromatic N) is 2. The molecule has 0 amide bonds. The molecule has 1 rings (SSSR count). The van der Waals surface area contributed by atoms with Crippen LogP contribution in [-0.4, -0.2) is 28.8 Å². The summed E-state index contributed by atoms with van der Waals surface area (Å²) in [5, 5.41) is 2.85. The average Bonchev–Trinajstić information content (AvgIpc) is 2.17. The summed E-state index contributed by atoms with van der Waals surface area (Å²) in [5.41, 5.74) is 0. The first-order valence-electron chi connectivity index (χ1n) is 4.72. The van der Waals surface area contributed by atoms with E-state index in [1.165, 1.54) is 6.07 Å². The number of anilines is 1. The Morgan fingerprint density at radius 3 is 2.69 bits per heavy atom. The molecule has 16 heavy (non-hydrogen) atoms. The van der Waals surface area contributed by atoms with Crippen molar-refractivity contribution in [2.45, 2.75) is 26.1 Å². The monoisotopic (exact) mass is 235 g/mol. The van der Waals surface area contributed by atoms with E-state index in [0.717, 1.165) is 13.3 Å². The average molecular weight is 235 g/mol. The van der Waals surface area contributed by atoms with Crippen LogP contribution >= 0.6 is 0 Å². The van der Waals surface area contributed by atoms with Crippen LogP contribution in [0.5, 0.6) is 5.88 Å². The second kappa shape index (κ2) is 5.00. The number of nitrogens with one attached hydrogen (secondary N) is 1. The van der Waals surface area contributed by atoms with Gasteiger partial charge < -0.3 is 10.1 Å². The molecule has 0 aliphatic heterocycles. The number of hydrogen-bond donors (Lipinski definition) is 1.